The Morgan fingerprint density at radius 1 is 0.929 bits per heavy atom. The topological polar surface area (TPSA) is 93.4 Å². The molecule has 0 bridgehead atoms. The van der Waals surface area contributed by atoms with Crippen molar-refractivity contribution >= 4 is 23.5 Å². The number of aliphatic carboxylic acids is 1. The number of nitrogens with zero attached hydrogens (tertiary/aromatic N) is 2. The highest BCUT2D eigenvalue weighted by molar-refractivity contribution is 6.30. The van der Waals surface area contributed by atoms with Gasteiger partial charge in [-0.05, 0) is 60.0 Å². The van der Waals surface area contributed by atoms with Crippen LogP contribution in [-0.4, -0.2) is 32.8 Å². The number of carboxylic acid groups (broad SMARTS) is 1. The number of carbonyl (C=O) groups excluding carboxylic acids is 1. The number of nitrogens with one attached hydrogen (secondary N) is 1. The molecular weight excluding hydrogens is 550 g/mol. The van der Waals surface area contributed by atoms with E-state index in [-0.39, 0.29) is 6.42 Å². The third kappa shape index (κ3) is 6.70. The summed E-state index contributed by atoms with van der Waals surface area (Å²) in [7, 11) is 0. The molecule has 2 N–H and O–H groups in total. The second-order valence-corrected chi connectivity index (χ2v) is 10.3. The maximum Gasteiger partial charge on any atom is 0.326 e. The summed E-state index contributed by atoms with van der Waals surface area (Å²) >= 11 is 6.03. The third-order valence-corrected chi connectivity index (χ3v) is 7.09. The second-order valence-electron chi connectivity index (χ2n) is 9.82. The molecule has 42 heavy (non-hydrogen) atoms. The van der Waals surface area contributed by atoms with Gasteiger partial charge in [0.1, 0.15) is 17.5 Å². The number of carbonyl (C=O) groups is 2. The minimum absolute atomic E-state index is 0.123. The van der Waals surface area contributed by atoms with Gasteiger partial charge in [0.25, 0.3) is 5.91 Å². The van der Waals surface area contributed by atoms with E-state index in [0.717, 1.165) is 34.5 Å². The van der Waals surface area contributed by atoms with Crippen molar-refractivity contribution in [2.45, 2.75) is 32.2 Å². The number of halogens is 1. The van der Waals surface area contributed by atoms with E-state index >= 15 is 0 Å². The number of aromatic nitrogens is 2. The number of benzene rings is 4. The van der Waals surface area contributed by atoms with Crippen LogP contribution in [0, 0.1) is 0 Å². The van der Waals surface area contributed by atoms with E-state index in [1.165, 1.54) is 6.20 Å². The zero-order chi connectivity index (χ0) is 29.5. The van der Waals surface area contributed by atoms with E-state index in [0.29, 0.717) is 28.5 Å². The van der Waals surface area contributed by atoms with Crippen LogP contribution in [0.2, 0.25) is 5.02 Å². The maximum absolute atomic E-state index is 13.3. The van der Waals surface area contributed by atoms with Crippen molar-refractivity contribution in [2.24, 2.45) is 0 Å². The summed E-state index contributed by atoms with van der Waals surface area (Å²) in [5, 5.41) is 17.7. The van der Waals surface area contributed by atoms with Gasteiger partial charge in [-0.15, -0.1) is 0 Å². The Kier molecular flexibility index (Phi) is 8.99. The Hall–Kier alpha value is -4.88. The highest BCUT2D eigenvalue weighted by atomic mass is 35.5. The Bertz CT molecular complexity index is 1670. The normalized spacial score (nSPS) is 11.6. The predicted molar refractivity (Wildman–Crippen MR) is 164 cm³/mol. The minimum atomic E-state index is -1.12. The molecule has 1 aromatic heterocycles. The molecule has 0 radical (unpaired) electrons. The van der Waals surface area contributed by atoms with E-state index in [1.54, 1.807) is 16.8 Å². The standard InChI is InChI=1S/C34H30ClN3O4/c1-2-8-31-29(22-36-38(31)26-19-17-25(35)18-20-26)33(39)37-30(34(40)41)21-23-13-15-24(16-14-23)28-11-6-7-12-32(28)42-27-9-4-3-5-10-27/h3-7,9-20,22,30H,2,8,21H2,1H3,(H,37,39)(H,40,41)/t30-/m0/s1. The minimum Gasteiger partial charge on any atom is -0.480 e. The van der Waals surface area contributed by atoms with Gasteiger partial charge in [-0.1, -0.05) is 85.6 Å². The molecule has 5 aromatic rings. The largest absolute Gasteiger partial charge is 0.480 e. The van der Waals surface area contributed by atoms with Crippen LogP contribution < -0.4 is 10.1 Å². The van der Waals surface area contributed by atoms with Crippen LogP contribution in [0.15, 0.2) is 109 Å². The van der Waals surface area contributed by atoms with Gasteiger partial charge in [-0.25, -0.2) is 9.48 Å². The lowest BCUT2D eigenvalue weighted by Crippen LogP contribution is -2.42. The van der Waals surface area contributed by atoms with Crippen molar-refractivity contribution in [1.82, 2.24) is 15.1 Å². The van der Waals surface area contributed by atoms with Gasteiger partial charge < -0.3 is 15.2 Å². The number of hydrogen-bond acceptors (Lipinski definition) is 4. The highest BCUT2D eigenvalue weighted by Crippen LogP contribution is 2.33. The van der Waals surface area contributed by atoms with Crippen molar-refractivity contribution in [2.75, 3.05) is 0 Å². The van der Waals surface area contributed by atoms with Crippen LogP contribution in [0.4, 0.5) is 0 Å². The Morgan fingerprint density at radius 2 is 1.62 bits per heavy atom. The molecule has 0 saturated carbocycles. The van der Waals surface area contributed by atoms with E-state index < -0.39 is 17.9 Å². The predicted octanol–water partition coefficient (Wildman–Crippen LogP) is 7.36. The molecule has 0 unspecified atom stereocenters. The first-order valence-corrected chi connectivity index (χ1v) is 14.1. The van der Waals surface area contributed by atoms with Crippen molar-refractivity contribution < 1.29 is 19.4 Å². The van der Waals surface area contributed by atoms with Crippen LogP contribution in [-0.2, 0) is 17.6 Å². The van der Waals surface area contributed by atoms with Crippen LogP contribution in [0.1, 0.15) is 35.0 Å². The fraction of sp³-hybridized carbons (Fsp3) is 0.147. The average molecular weight is 580 g/mol. The molecule has 0 fully saturated rings. The van der Waals surface area contributed by atoms with Gasteiger partial charge in [0.15, 0.2) is 0 Å². The fourth-order valence-electron chi connectivity index (χ4n) is 4.75. The lowest BCUT2D eigenvalue weighted by molar-refractivity contribution is -0.139. The molecule has 1 heterocycles. The first kappa shape index (κ1) is 28.6. The molecular formula is C34H30ClN3O4. The Balaban J connectivity index is 1.32. The second kappa shape index (κ2) is 13.2. The summed E-state index contributed by atoms with van der Waals surface area (Å²) in [4.78, 5) is 25.5. The zero-order valence-electron chi connectivity index (χ0n) is 23.0. The van der Waals surface area contributed by atoms with Gasteiger partial charge in [0.2, 0.25) is 0 Å². The average Bonchev–Trinajstić information content (AvgIpc) is 3.42. The summed E-state index contributed by atoms with van der Waals surface area (Å²) in [6.07, 6.45) is 2.99. The molecule has 0 spiro atoms. The van der Waals surface area contributed by atoms with Crippen molar-refractivity contribution in [3.8, 4) is 28.3 Å². The third-order valence-electron chi connectivity index (χ3n) is 6.84. The van der Waals surface area contributed by atoms with Gasteiger partial charge in [0.05, 0.1) is 23.1 Å². The number of carboxylic acids is 1. The molecule has 0 aliphatic heterocycles. The van der Waals surface area contributed by atoms with Gasteiger partial charge in [-0.3, -0.25) is 4.79 Å². The molecule has 0 saturated heterocycles. The van der Waals surface area contributed by atoms with Crippen molar-refractivity contribution in [3.63, 3.8) is 0 Å². The van der Waals surface area contributed by atoms with Gasteiger partial charge >= 0.3 is 5.97 Å². The van der Waals surface area contributed by atoms with Crippen LogP contribution >= 0.6 is 11.6 Å². The summed E-state index contributed by atoms with van der Waals surface area (Å²) in [6.45, 7) is 2.01. The van der Waals surface area contributed by atoms with E-state index in [9.17, 15) is 14.7 Å². The zero-order valence-corrected chi connectivity index (χ0v) is 23.8. The molecule has 1 amide bonds. The molecule has 1 atom stereocenters. The monoisotopic (exact) mass is 579 g/mol. The van der Waals surface area contributed by atoms with Crippen LogP contribution in [0.3, 0.4) is 0 Å². The maximum atomic E-state index is 13.3. The quantitative estimate of drug-likeness (QED) is 0.170. The fourth-order valence-corrected chi connectivity index (χ4v) is 4.87. The molecule has 8 heteroatoms. The summed E-state index contributed by atoms with van der Waals surface area (Å²) in [5.74, 6) is -0.137. The van der Waals surface area contributed by atoms with Crippen molar-refractivity contribution in [1.29, 1.82) is 0 Å². The van der Waals surface area contributed by atoms with Crippen LogP contribution in [0.25, 0.3) is 16.8 Å². The highest BCUT2D eigenvalue weighted by Gasteiger charge is 2.25. The van der Waals surface area contributed by atoms with E-state index in [2.05, 4.69) is 10.4 Å². The first-order chi connectivity index (χ1) is 20.4. The van der Waals surface area contributed by atoms with Crippen molar-refractivity contribution in [3.05, 3.63) is 131 Å². The molecule has 212 valence electrons. The molecule has 0 aliphatic carbocycles. The lowest BCUT2D eigenvalue weighted by atomic mass is 9.99. The van der Waals surface area contributed by atoms with Crippen LogP contribution in [0.5, 0.6) is 11.5 Å². The molecule has 5 rings (SSSR count). The Labute approximate surface area is 249 Å². The van der Waals surface area contributed by atoms with E-state index in [4.69, 9.17) is 16.3 Å². The molecule has 7 nitrogen and oxygen atoms in total. The van der Waals surface area contributed by atoms with Gasteiger partial charge in [0, 0.05) is 17.0 Å². The lowest BCUT2D eigenvalue weighted by Gasteiger charge is -2.16. The first-order valence-electron chi connectivity index (χ1n) is 13.7. The number of rotatable bonds is 11. The number of hydrogen-bond donors (Lipinski definition) is 2. The SMILES string of the molecule is CCCc1c(C(=O)N[C@@H](Cc2ccc(-c3ccccc3Oc3ccccc3)cc2)C(=O)O)cnn1-c1ccc(Cl)cc1. The summed E-state index contributed by atoms with van der Waals surface area (Å²) in [5.41, 5.74) is 4.45. The summed E-state index contributed by atoms with van der Waals surface area (Å²) < 4.78 is 7.80. The summed E-state index contributed by atoms with van der Waals surface area (Å²) in [6, 6.07) is 31.0. The number of ether oxygens (including phenoxy) is 1. The molecule has 0 aliphatic rings. The molecule has 4 aromatic carbocycles. The van der Waals surface area contributed by atoms with E-state index in [1.807, 2.05) is 97.9 Å². The van der Waals surface area contributed by atoms with Gasteiger partial charge in [-0.2, -0.15) is 5.10 Å². The number of amides is 1. The number of para-hydroxylation sites is 2. The smallest absolute Gasteiger partial charge is 0.326 e. The Morgan fingerprint density at radius 3 is 2.31 bits per heavy atom.